The van der Waals surface area contributed by atoms with Gasteiger partial charge >= 0.3 is 0 Å². The molecule has 86 valence electrons. The Morgan fingerprint density at radius 1 is 0.938 bits per heavy atom. The molecule has 1 aromatic rings. The summed E-state index contributed by atoms with van der Waals surface area (Å²) < 4.78 is 0. The van der Waals surface area contributed by atoms with Crippen molar-refractivity contribution in [3.8, 4) is 11.5 Å². The van der Waals surface area contributed by atoms with E-state index in [0.29, 0.717) is 0 Å². The van der Waals surface area contributed by atoms with Crippen molar-refractivity contribution in [1.82, 2.24) is 0 Å². The van der Waals surface area contributed by atoms with Gasteiger partial charge in [0, 0.05) is 5.56 Å². The fourth-order valence-corrected chi connectivity index (χ4v) is 3.03. The molecule has 0 aliphatic carbocycles. The largest absolute Gasteiger partial charge is 0.129 e. The van der Waals surface area contributed by atoms with Gasteiger partial charge in [0.15, 0.2) is 0 Å². The summed E-state index contributed by atoms with van der Waals surface area (Å²) in [6, 6.07) is 8.78. The van der Waals surface area contributed by atoms with Crippen LogP contribution in [-0.4, -0.2) is 16.1 Å². The van der Waals surface area contributed by atoms with Gasteiger partial charge < -0.3 is 0 Å². The summed E-state index contributed by atoms with van der Waals surface area (Å²) in [4.78, 5) is 0. The van der Waals surface area contributed by atoms with E-state index in [-0.39, 0.29) is 0 Å². The summed E-state index contributed by atoms with van der Waals surface area (Å²) in [6.07, 6.45) is 0. The van der Waals surface area contributed by atoms with Crippen LogP contribution >= 0.6 is 0 Å². The summed E-state index contributed by atoms with van der Waals surface area (Å²) in [5.41, 5.74) is 4.60. The molecule has 0 bridgehead atoms. The lowest BCUT2D eigenvalue weighted by molar-refractivity contribution is 1.64. The van der Waals surface area contributed by atoms with E-state index in [1.54, 1.807) is 0 Å². The zero-order chi connectivity index (χ0) is 12.4. The van der Waals surface area contributed by atoms with Gasteiger partial charge in [0.2, 0.25) is 0 Å². The van der Waals surface area contributed by atoms with Crippen LogP contribution in [0.4, 0.5) is 0 Å². The minimum Gasteiger partial charge on any atom is -0.127 e. The van der Waals surface area contributed by atoms with Gasteiger partial charge in [0.1, 0.15) is 8.07 Å². The van der Waals surface area contributed by atoms with Crippen LogP contribution in [-0.2, 0) is 0 Å². The smallest absolute Gasteiger partial charge is 0.127 e. The summed E-state index contributed by atoms with van der Waals surface area (Å²) in [5, 5.41) is 1.50. The monoisotopic (exact) mass is 246 g/mol. The number of hydrogen-bond donors (Lipinski definition) is 0. The van der Waals surface area contributed by atoms with Gasteiger partial charge in [-0.3, -0.25) is 0 Å². The Balaban J connectivity index is 3.04. The molecule has 16 heavy (non-hydrogen) atoms. The molecular formula is C14H22Si2. The van der Waals surface area contributed by atoms with E-state index >= 15 is 0 Å². The molecule has 0 unspecified atom stereocenters. The van der Waals surface area contributed by atoms with Gasteiger partial charge in [-0.05, 0) is 12.1 Å². The fraction of sp³-hybridized carbons (Fsp3) is 0.429. The number of hydrogen-bond acceptors (Lipinski definition) is 0. The highest BCUT2D eigenvalue weighted by atomic mass is 28.3. The van der Waals surface area contributed by atoms with E-state index in [2.05, 4.69) is 75.0 Å². The zero-order valence-corrected chi connectivity index (χ0v) is 13.3. The standard InChI is InChI=1S/C14H22Si2/c1-15(2,3)11-10-13-8-7-9-14(12-13)16(4,5)6/h7-9,12H,1-6H3. The molecule has 0 amide bonds. The molecule has 1 aromatic carbocycles. The van der Waals surface area contributed by atoms with E-state index in [0.717, 1.165) is 0 Å². The van der Waals surface area contributed by atoms with Gasteiger partial charge in [-0.2, -0.15) is 0 Å². The predicted molar refractivity (Wildman–Crippen MR) is 79.6 cm³/mol. The molecule has 0 radical (unpaired) electrons. The minimum absolute atomic E-state index is 1.18. The average Bonchev–Trinajstić information content (AvgIpc) is 2.13. The van der Waals surface area contributed by atoms with Crippen LogP contribution in [0.2, 0.25) is 39.3 Å². The van der Waals surface area contributed by atoms with Crippen LogP contribution in [0.15, 0.2) is 24.3 Å². The van der Waals surface area contributed by atoms with Crippen LogP contribution in [0.1, 0.15) is 5.56 Å². The van der Waals surface area contributed by atoms with Crippen LogP contribution in [0, 0.1) is 11.5 Å². The summed E-state index contributed by atoms with van der Waals surface area (Å²) in [7, 11) is -2.45. The molecule has 0 nitrogen and oxygen atoms in total. The Bertz CT molecular complexity index is 423. The van der Waals surface area contributed by atoms with Crippen LogP contribution in [0.3, 0.4) is 0 Å². The third kappa shape index (κ3) is 4.38. The van der Waals surface area contributed by atoms with E-state index in [1.807, 2.05) is 0 Å². The molecule has 0 atom stereocenters. The third-order valence-electron chi connectivity index (χ3n) is 2.31. The second-order valence-corrected chi connectivity index (χ2v) is 16.2. The maximum absolute atomic E-state index is 3.42. The highest BCUT2D eigenvalue weighted by Gasteiger charge is 2.15. The molecular weight excluding hydrogens is 224 g/mol. The Hall–Kier alpha value is -0.786. The third-order valence-corrected chi connectivity index (χ3v) is 5.23. The van der Waals surface area contributed by atoms with Gasteiger partial charge in [-0.15, -0.1) is 5.54 Å². The van der Waals surface area contributed by atoms with E-state index in [4.69, 9.17) is 0 Å². The summed E-state index contributed by atoms with van der Waals surface area (Å²) >= 11 is 0. The second-order valence-electron chi connectivity index (χ2n) is 6.33. The number of benzene rings is 1. The molecule has 0 saturated heterocycles. The summed E-state index contributed by atoms with van der Waals surface area (Å²) in [5.74, 6) is 3.33. The highest BCUT2D eigenvalue weighted by molar-refractivity contribution is 6.88. The molecule has 1 rings (SSSR count). The predicted octanol–water partition coefficient (Wildman–Crippen LogP) is 3.46. The lowest BCUT2D eigenvalue weighted by atomic mass is 10.2. The molecule has 2 heteroatoms. The molecule has 0 aromatic heterocycles. The van der Waals surface area contributed by atoms with Crippen molar-refractivity contribution in [1.29, 1.82) is 0 Å². The topological polar surface area (TPSA) is 0 Å². The van der Waals surface area contributed by atoms with Crippen molar-refractivity contribution in [2.75, 3.05) is 0 Å². The van der Waals surface area contributed by atoms with Crippen LogP contribution in [0.25, 0.3) is 0 Å². The van der Waals surface area contributed by atoms with Crippen molar-refractivity contribution >= 4 is 21.3 Å². The van der Waals surface area contributed by atoms with Crippen LogP contribution < -0.4 is 5.19 Å². The molecule has 0 fully saturated rings. The molecule has 0 aliphatic rings. The maximum atomic E-state index is 3.42. The molecule has 0 aliphatic heterocycles. The van der Waals surface area contributed by atoms with Crippen molar-refractivity contribution in [2.45, 2.75) is 39.3 Å². The molecule has 0 N–H and O–H groups in total. The first-order valence-corrected chi connectivity index (χ1v) is 12.8. The lowest BCUT2D eigenvalue weighted by Crippen LogP contribution is -2.37. The Kier molecular flexibility index (Phi) is 3.82. The van der Waals surface area contributed by atoms with Crippen LogP contribution in [0.5, 0.6) is 0 Å². The Labute approximate surface area is 102 Å². The van der Waals surface area contributed by atoms with E-state index in [1.165, 1.54) is 10.8 Å². The van der Waals surface area contributed by atoms with E-state index in [9.17, 15) is 0 Å². The first-order valence-electron chi connectivity index (χ1n) is 5.82. The normalized spacial score (nSPS) is 11.9. The molecule has 0 saturated carbocycles. The maximum Gasteiger partial charge on any atom is 0.129 e. The van der Waals surface area contributed by atoms with Gasteiger partial charge in [0.05, 0.1) is 8.07 Å². The highest BCUT2D eigenvalue weighted by Crippen LogP contribution is 2.05. The molecule has 0 heterocycles. The van der Waals surface area contributed by atoms with Gasteiger partial charge in [0.25, 0.3) is 0 Å². The molecule has 0 spiro atoms. The van der Waals surface area contributed by atoms with Crippen molar-refractivity contribution in [3.63, 3.8) is 0 Å². The number of rotatable bonds is 1. The zero-order valence-electron chi connectivity index (χ0n) is 11.3. The first-order chi connectivity index (χ1) is 7.18. The van der Waals surface area contributed by atoms with E-state index < -0.39 is 16.1 Å². The summed E-state index contributed by atoms with van der Waals surface area (Å²) in [6.45, 7) is 14.0. The average molecular weight is 247 g/mol. The van der Waals surface area contributed by atoms with Crippen molar-refractivity contribution in [2.24, 2.45) is 0 Å². The van der Waals surface area contributed by atoms with Crippen molar-refractivity contribution in [3.05, 3.63) is 29.8 Å². The van der Waals surface area contributed by atoms with Gasteiger partial charge in [-0.25, -0.2) is 0 Å². The quantitative estimate of drug-likeness (QED) is 0.526. The second kappa shape index (κ2) is 4.61. The minimum atomic E-state index is -1.25. The lowest BCUT2D eigenvalue weighted by Gasteiger charge is -2.16. The first kappa shape index (κ1) is 13.3. The van der Waals surface area contributed by atoms with Gasteiger partial charge in [-0.1, -0.05) is 62.5 Å². The Morgan fingerprint density at radius 3 is 2.06 bits per heavy atom. The fourth-order valence-electron chi connectivity index (χ4n) is 1.32. The SMILES string of the molecule is C[Si](C)(C)C#Cc1cccc([Si](C)(C)C)c1. The Morgan fingerprint density at radius 2 is 1.56 bits per heavy atom. The van der Waals surface area contributed by atoms with Crippen molar-refractivity contribution < 1.29 is 0 Å².